The van der Waals surface area contributed by atoms with E-state index in [2.05, 4.69) is 18.8 Å². The maximum atomic E-state index is 12.7. The molecule has 1 fully saturated rings. The number of carbonyl (C=O) groups excluding carboxylic acids is 1. The van der Waals surface area contributed by atoms with E-state index in [0.29, 0.717) is 18.0 Å². The smallest absolute Gasteiger partial charge is 0.354 e. The molecule has 5 heteroatoms. The second-order valence-electron chi connectivity index (χ2n) is 6.02. The van der Waals surface area contributed by atoms with Crippen molar-refractivity contribution in [3.05, 3.63) is 29.6 Å². The summed E-state index contributed by atoms with van der Waals surface area (Å²) in [5.74, 6) is -0.809. The molecule has 1 saturated carbocycles. The normalized spacial score (nSPS) is 15.4. The molecule has 0 bridgehead atoms. The van der Waals surface area contributed by atoms with E-state index in [4.69, 9.17) is 5.11 Å². The largest absolute Gasteiger partial charge is 0.477 e. The third kappa shape index (κ3) is 3.80. The Labute approximate surface area is 125 Å². The molecule has 0 aromatic carbocycles. The van der Waals surface area contributed by atoms with Gasteiger partial charge in [0, 0.05) is 24.3 Å². The number of rotatable bonds is 5. The van der Waals surface area contributed by atoms with E-state index < -0.39 is 5.97 Å². The van der Waals surface area contributed by atoms with Crippen molar-refractivity contribution >= 4 is 11.9 Å². The molecule has 1 aliphatic rings. The molecule has 5 nitrogen and oxygen atoms in total. The van der Waals surface area contributed by atoms with Gasteiger partial charge >= 0.3 is 5.97 Å². The quantitative estimate of drug-likeness (QED) is 0.905. The van der Waals surface area contributed by atoms with Crippen LogP contribution < -0.4 is 0 Å². The Balaban J connectivity index is 2.24. The van der Waals surface area contributed by atoms with Gasteiger partial charge in [0.1, 0.15) is 5.69 Å². The molecule has 114 valence electrons. The zero-order valence-electron chi connectivity index (χ0n) is 12.6. The minimum Gasteiger partial charge on any atom is -0.477 e. The van der Waals surface area contributed by atoms with Crippen molar-refractivity contribution in [1.29, 1.82) is 0 Å². The molecule has 1 amide bonds. The summed E-state index contributed by atoms with van der Waals surface area (Å²) in [5.41, 5.74) is 0.326. The summed E-state index contributed by atoms with van der Waals surface area (Å²) in [6, 6.07) is 3.24. The van der Waals surface area contributed by atoms with E-state index in [1.54, 1.807) is 6.07 Å². The van der Waals surface area contributed by atoms with Crippen molar-refractivity contribution in [2.75, 3.05) is 6.54 Å². The predicted octanol–water partition coefficient (Wildman–Crippen LogP) is 2.82. The first-order chi connectivity index (χ1) is 9.99. The van der Waals surface area contributed by atoms with Gasteiger partial charge in [0.15, 0.2) is 0 Å². The van der Waals surface area contributed by atoms with Crippen molar-refractivity contribution in [1.82, 2.24) is 9.88 Å². The van der Waals surface area contributed by atoms with E-state index >= 15 is 0 Å². The van der Waals surface area contributed by atoms with Crippen molar-refractivity contribution in [3.8, 4) is 0 Å². The molecule has 2 rings (SSSR count). The Kier molecular flexibility index (Phi) is 4.94. The first-order valence-electron chi connectivity index (χ1n) is 7.49. The lowest BCUT2D eigenvalue weighted by atomic mass is 10.1. The van der Waals surface area contributed by atoms with Gasteiger partial charge in [-0.05, 0) is 30.9 Å². The monoisotopic (exact) mass is 290 g/mol. The third-order valence-electron chi connectivity index (χ3n) is 3.81. The fraction of sp³-hybridized carbons (Fsp3) is 0.562. The fourth-order valence-electron chi connectivity index (χ4n) is 2.85. The average molecular weight is 290 g/mol. The number of aromatic carboxylic acids is 1. The first-order valence-corrected chi connectivity index (χ1v) is 7.49. The van der Waals surface area contributed by atoms with E-state index in [1.165, 1.54) is 12.3 Å². The molecule has 0 unspecified atom stereocenters. The van der Waals surface area contributed by atoms with Crippen LogP contribution in [0.5, 0.6) is 0 Å². The maximum Gasteiger partial charge on any atom is 0.354 e. The summed E-state index contributed by atoms with van der Waals surface area (Å²) in [6.07, 6.45) is 5.77. The molecule has 1 aliphatic carbocycles. The van der Waals surface area contributed by atoms with Crippen LogP contribution in [0.1, 0.15) is 60.4 Å². The zero-order valence-corrected chi connectivity index (χ0v) is 12.6. The number of carbonyl (C=O) groups is 2. The van der Waals surface area contributed by atoms with Crippen LogP contribution >= 0.6 is 0 Å². The second-order valence-corrected chi connectivity index (χ2v) is 6.02. The minimum atomic E-state index is -1.11. The van der Waals surface area contributed by atoms with Crippen molar-refractivity contribution in [2.24, 2.45) is 5.92 Å². The molecule has 1 N–H and O–H groups in total. The average Bonchev–Trinajstić information content (AvgIpc) is 2.98. The summed E-state index contributed by atoms with van der Waals surface area (Å²) in [7, 11) is 0. The van der Waals surface area contributed by atoms with Crippen molar-refractivity contribution < 1.29 is 14.7 Å². The van der Waals surface area contributed by atoms with Crippen LogP contribution in [0.15, 0.2) is 18.3 Å². The van der Waals surface area contributed by atoms with Crippen LogP contribution in [0.4, 0.5) is 0 Å². The van der Waals surface area contributed by atoms with Gasteiger partial charge in [-0.15, -0.1) is 0 Å². The summed E-state index contributed by atoms with van der Waals surface area (Å²) < 4.78 is 0. The third-order valence-corrected chi connectivity index (χ3v) is 3.81. The van der Waals surface area contributed by atoms with E-state index in [9.17, 15) is 9.59 Å². The predicted molar refractivity (Wildman–Crippen MR) is 79.3 cm³/mol. The van der Waals surface area contributed by atoms with E-state index in [0.717, 1.165) is 25.7 Å². The van der Waals surface area contributed by atoms with Crippen LogP contribution in [0, 0.1) is 5.92 Å². The molecule has 21 heavy (non-hydrogen) atoms. The highest BCUT2D eigenvalue weighted by molar-refractivity contribution is 5.96. The molecular formula is C16H22N2O3. The molecule has 0 radical (unpaired) electrons. The van der Waals surface area contributed by atoms with Gasteiger partial charge in [-0.25, -0.2) is 9.78 Å². The van der Waals surface area contributed by atoms with Gasteiger partial charge in [-0.3, -0.25) is 4.79 Å². The Bertz CT molecular complexity index is 522. The van der Waals surface area contributed by atoms with Gasteiger partial charge in [0.25, 0.3) is 5.91 Å². The summed E-state index contributed by atoms with van der Waals surface area (Å²) in [4.78, 5) is 29.4. The van der Waals surface area contributed by atoms with Crippen LogP contribution in [0.25, 0.3) is 0 Å². The summed E-state index contributed by atoms with van der Waals surface area (Å²) in [6.45, 7) is 4.88. The number of hydrogen-bond donors (Lipinski definition) is 1. The fourth-order valence-corrected chi connectivity index (χ4v) is 2.85. The van der Waals surface area contributed by atoms with Crippen molar-refractivity contribution in [3.63, 3.8) is 0 Å². The summed E-state index contributed by atoms with van der Waals surface area (Å²) in [5, 5.41) is 9.00. The van der Waals surface area contributed by atoms with Crippen LogP contribution in [-0.4, -0.2) is 39.5 Å². The Hall–Kier alpha value is -1.91. The number of pyridine rings is 1. The van der Waals surface area contributed by atoms with Gasteiger partial charge < -0.3 is 10.0 Å². The van der Waals surface area contributed by atoms with E-state index in [1.807, 2.05) is 4.90 Å². The minimum absolute atomic E-state index is 0.0829. The molecular weight excluding hydrogens is 268 g/mol. The second kappa shape index (κ2) is 6.70. The Morgan fingerprint density at radius 1 is 1.38 bits per heavy atom. The van der Waals surface area contributed by atoms with Crippen LogP contribution in [0.2, 0.25) is 0 Å². The van der Waals surface area contributed by atoms with Gasteiger partial charge in [0.2, 0.25) is 0 Å². The molecule has 1 aromatic heterocycles. The maximum absolute atomic E-state index is 12.7. The highest BCUT2D eigenvalue weighted by Crippen LogP contribution is 2.25. The number of nitrogens with zero attached hydrogens (tertiary/aromatic N) is 2. The number of carboxylic acid groups (broad SMARTS) is 1. The Morgan fingerprint density at radius 2 is 2.05 bits per heavy atom. The van der Waals surface area contributed by atoms with Crippen LogP contribution in [-0.2, 0) is 0 Å². The van der Waals surface area contributed by atoms with Crippen LogP contribution in [0.3, 0.4) is 0 Å². The van der Waals surface area contributed by atoms with Crippen molar-refractivity contribution in [2.45, 2.75) is 45.6 Å². The molecule has 0 spiro atoms. The first kappa shape index (κ1) is 15.5. The summed E-state index contributed by atoms with van der Waals surface area (Å²) >= 11 is 0. The standard InChI is InChI=1S/C16H22N2O3/c1-11(2)10-18(13-5-3-4-6-13)15(19)12-7-8-17-14(9-12)16(20)21/h7-9,11,13H,3-6,10H2,1-2H3,(H,20,21). The number of carboxylic acids is 1. The molecule has 0 atom stereocenters. The lowest BCUT2D eigenvalue weighted by molar-refractivity contribution is 0.0655. The van der Waals surface area contributed by atoms with Gasteiger partial charge in [-0.2, -0.15) is 0 Å². The highest BCUT2D eigenvalue weighted by Gasteiger charge is 2.28. The van der Waals surface area contributed by atoms with Gasteiger partial charge in [-0.1, -0.05) is 26.7 Å². The molecule has 0 aliphatic heterocycles. The number of hydrogen-bond acceptors (Lipinski definition) is 3. The molecule has 0 saturated heterocycles. The number of amides is 1. The molecule has 1 aromatic rings. The SMILES string of the molecule is CC(C)CN(C(=O)c1ccnc(C(=O)O)c1)C1CCCC1. The lowest BCUT2D eigenvalue weighted by Gasteiger charge is -2.30. The lowest BCUT2D eigenvalue weighted by Crippen LogP contribution is -2.41. The highest BCUT2D eigenvalue weighted by atomic mass is 16.4. The zero-order chi connectivity index (χ0) is 15.4. The van der Waals surface area contributed by atoms with E-state index in [-0.39, 0.29) is 17.6 Å². The Morgan fingerprint density at radius 3 is 2.62 bits per heavy atom. The van der Waals surface area contributed by atoms with Gasteiger partial charge in [0.05, 0.1) is 0 Å². The molecule has 1 heterocycles. The number of aromatic nitrogens is 1. The topological polar surface area (TPSA) is 70.5 Å².